The van der Waals surface area contributed by atoms with Gasteiger partial charge in [-0.1, -0.05) is 56.1 Å². The molecule has 2 aromatic carbocycles. The Hall–Kier alpha value is -0.680. The van der Waals surface area contributed by atoms with Gasteiger partial charge < -0.3 is 10.2 Å². The van der Waals surface area contributed by atoms with Crippen molar-refractivity contribution in [3.05, 3.63) is 68.6 Å². The Bertz CT molecular complexity index is 459. The smallest absolute Gasteiger partial charge is 0.109 e. The van der Waals surface area contributed by atoms with Gasteiger partial charge in [-0.2, -0.15) is 0 Å². The minimum Gasteiger partial charge on any atom is -0.385 e. The van der Waals surface area contributed by atoms with Gasteiger partial charge in [0.2, 0.25) is 0 Å². The SMILES string of the molecule is OC(c1ccc(Br)cc1)C(O)c1ccc(Br)cc1. The highest BCUT2D eigenvalue weighted by Gasteiger charge is 2.19. The maximum absolute atomic E-state index is 10.1. The van der Waals surface area contributed by atoms with Gasteiger partial charge in [-0.3, -0.25) is 0 Å². The molecular weight excluding hydrogens is 360 g/mol. The molecule has 0 aliphatic carbocycles. The van der Waals surface area contributed by atoms with Crippen molar-refractivity contribution in [2.24, 2.45) is 0 Å². The lowest BCUT2D eigenvalue weighted by atomic mass is 9.98. The van der Waals surface area contributed by atoms with E-state index in [1.165, 1.54) is 0 Å². The molecule has 2 unspecified atom stereocenters. The van der Waals surface area contributed by atoms with Gasteiger partial charge in [-0.05, 0) is 35.4 Å². The molecule has 0 saturated heterocycles. The van der Waals surface area contributed by atoms with Crippen LogP contribution < -0.4 is 0 Å². The predicted molar refractivity (Wildman–Crippen MR) is 78.2 cm³/mol. The highest BCUT2D eigenvalue weighted by atomic mass is 79.9. The van der Waals surface area contributed by atoms with Crippen molar-refractivity contribution in [1.82, 2.24) is 0 Å². The van der Waals surface area contributed by atoms with E-state index in [-0.39, 0.29) is 0 Å². The predicted octanol–water partition coefficient (Wildman–Crippen LogP) is 3.98. The Morgan fingerprint density at radius 2 is 0.889 bits per heavy atom. The van der Waals surface area contributed by atoms with Gasteiger partial charge in [0.1, 0.15) is 12.2 Å². The molecule has 4 heteroatoms. The zero-order valence-electron chi connectivity index (χ0n) is 9.42. The van der Waals surface area contributed by atoms with Gasteiger partial charge >= 0.3 is 0 Å². The van der Waals surface area contributed by atoms with Crippen LogP contribution in [0.3, 0.4) is 0 Å². The minimum absolute atomic E-state index is 0.689. The monoisotopic (exact) mass is 370 g/mol. The van der Waals surface area contributed by atoms with Crippen molar-refractivity contribution < 1.29 is 10.2 Å². The van der Waals surface area contributed by atoms with Crippen LogP contribution in [0.25, 0.3) is 0 Å². The molecule has 0 spiro atoms. The van der Waals surface area contributed by atoms with Crippen LogP contribution in [0.15, 0.2) is 57.5 Å². The van der Waals surface area contributed by atoms with Crippen molar-refractivity contribution >= 4 is 31.9 Å². The van der Waals surface area contributed by atoms with Crippen LogP contribution in [0.5, 0.6) is 0 Å². The van der Waals surface area contributed by atoms with Crippen molar-refractivity contribution in [3.63, 3.8) is 0 Å². The van der Waals surface area contributed by atoms with Crippen LogP contribution in [0.1, 0.15) is 23.3 Å². The summed E-state index contributed by atoms with van der Waals surface area (Å²) in [5.41, 5.74) is 1.38. The number of rotatable bonds is 3. The van der Waals surface area contributed by atoms with E-state index < -0.39 is 12.2 Å². The molecule has 2 aromatic rings. The third kappa shape index (κ3) is 3.20. The van der Waals surface area contributed by atoms with Gasteiger partial charge in [-0.25, -0.2) is 0 Å². The molecule has 0 aliphatic heterocycles. The van der Waals surface area contributed by atoms with Crippen molar-refractivity contribution in [2.45, 2.75) is 12.2 Å². The molecular formula is C14H12Br2O2. The standard InChI is InChI=1S/C14H12Br2O2/c15-11-5-1-9(2-6-11)13(17)14(18)10-3-7-12(16)8-4-10/h1-8,13-14,17-18H. The first-order valence-corrected chi connectivity index (χ1v) is 7.03. The average Bonchev–Trinajstić information content (AvgIpc) is 2.39. The summed E-state index contributed by atoms with van der Waals surface area (Å²) >= 11 is 6.67. The summed E-state index contributed by atoms with van der Waals surface area (Å²) in [4.78, 5) is 0. The maximum Gasteiger partial charge on any atom is 0.109 e. The summed E-state index contributed by atoms with van der Waals surface area (Å²) in [6.07, 6.45) is -1.86. The van der Waals surface area contributed by atoms with Crippen LogP contribution in [0, 0.1) is 0 Å². The van der Waals surface area contributed by atoms with Crippen molar-refractivity contribution in [3.8, 4) is 0 Å². The Kier molecular flexibility index (Phi) is 4.56. The van der Waals surface area contributed by atoms with Gasteiger partial charge in [0.15, 0.2) is 0 Å². The van der Waals surface area contributed by atoms with Crippen LogP contribution in [0.4, 0.5) is 0 Å². The fraction of sp³-hybridized carbons (Fsp3) is 0.143. The Balaban J connectivity index is 2.20. The van der Waals surface area contributed by atoms with Gasteiger partial charge in [-0.15, -0.1) is 0 Å². The van der Waals surface area contributed by atoms with Gasteiger partial charge in [0.25, 0.3) is 0 Å². The summed E-state index contributed by atoms with van der Waals surface area (Å²) in [5.74, 6) is 0. The molecule has 0 amide bonds. The third-order valence-corrected chi connectivity index (χ3v) is 3.78. The van der Waals surface area contributed by atoms with E-state index in [0.29, 0.717) is 11.1 Å². The van der Waals surface area contributed by atoms with Crippen LogP contribution in [-0.2, 0) is 0 Å². The second kappa shape index (κ2) is 5.97. The zero-order chi connectivity index (χ0) is 13.1. The van der Waals surface area contributed by atoms with Crippen LogP contribution >= 0.6 is 31.9 Å². The average molecular weight is 372 g/mol. The number of hydrogen-bond donors (Lipinski definition) is 2. The Labute approximate surface area is 123 Å². The summed E-state index contributed by atoms with van der Waals surface area (Å²) in [5, 5.41) is 20.3. The molecule has 2 N–H and O–H groups in total. The van der Waals surface area contributed by atoms with Gasteiger partial charge in [0.05, 0.1) is 0 Å². The van der Waals surface area contributed by atoms with E-state index in [1.807, 2.05) is 24.3 Å². The highest BCUT2D eigenvalue weighted by molar-refractivity contribution is 9.10. The molecule has 94 valence electrons. The topological polar surface area (TPSA) is 40.5 Å². The van der Waals surface area contributed by atoms with E-state index in [9.17, 15) is 10.2 Å². The number of halogens is 2. The molecule has 2 rings (SSSR count). The maximum atomic E-state index is 10.1. The lowest BCUT2D eigenvalue weighted by Gasteiger charge is -2.18. The quantitative estimate of drug-likeness (QED) is 0.856. The Morgan fingerprint density at radius 1 is 0.611 bits per heavy atom. The lowest BCUT2D eigenvalue weighted by molar-refractivity contribution is 0.0172. The largest absolute Gasteiger partial charge is 0.385 e. The van der Waals surface area contributed by atoms with Crippen molar-refractivity contribution in [2.75, 3.05) is 0 Å². The molecule has 2 atom stereocenters. The fourth-order valence-electron chi connectivity index (χ4n) is 1.68. The molecule has 0 aromatic heterocycles. The van der Waals surface area contributed by atoms with E-state index in [0.717, 1.165) is 8.95 Å². The molecule has 0 aliphatic rings. The molecule has 0 radical (unpaired) electrons. The first-order valence-electron chi connectivity index (χ1n) is 5.45. The molecule has 0 saturated carbocycles. The molecule has 0 bridgehead atoms. The lowest BCUT2D eigenvalue weighted by Crippen LogP contribution is -2.10. The van der Waals surface area contributed by atoms with E-state index in [4.69, 9.17) is 0 Å². The second-order valence-electron chi connectivity index (χ2n) is 3.99. The van der Waals surface area contributed by atoms with Crippen molar-refractivity contribution in [1.29, 1.82) is 0 Å². The summed E-state index contributed by atoms with van der Waals surface area (Å²) in [7, 11) is 0. The van der Waals surface area contributed by atoms with Crippen LogP contribution in [0.2, 0.25) is 0 Å². The molecule has 2 nitrogen and oxygen atoms in total. The summed E-state index contributed by atoms with van der Waals surface area (Å²) in [6, 6.07) is 14.5. The number of aliphatic hydroxyl groups excluding tert-OH is 2. The summed E-state index contributed by atoms with van der Waals surface area (Å²) in [6.45, 7) is 0. The number of hydrogen-bond acceptors (Lipinski definition) is 2. The number of aliphatic hydroxyl groups is 2. The molecule has 0 heterocycles. The molecule has 18 heavy (non-hydrogen) atoms. The van der Waals surface area contributed by atoms with E-state index >= 15 is 0 Å². The fourth-order valence-corrected chi connectivity index (χ4v) is 2.21. The number of benzene rings is 2. The first kappa shape index (κ1) is 13.7. The third-order valence-electron chi connectivity index (χ3n) is 2.72. The van der Waals surface area contributed by atoms with Crippen LogP contribution in [-0.4, -0.2) is 10.2 Å². The second-order valence-corrected chi connectivity index (χ2v) is 5.82. The van der Waals surface area contributed by atoms with E-state index in [2.05, 4.69) is 31.9 Å². The summed E-state index contributed by atoms with van der Waals surface area (Å²) < 4.78 is 1.88. The normalized spacial score (nSPS) is 14.2. The minimum atomic E-state index is -0.931. The van der Waals surface area contributed by atoms with E-state index in [1.54, 1.807) is 24.3 Å². The zero-order valence-corrected chi connectivity index (χ0v) is 12.6. The molecule has 0 fully saturated rings. The Morgan fingerprint density at radius 3 is 1.17 bits per heavy atom. The van der Waals surface area contributed by atoms with Gasteiger partial charge in [0, 0.05) is 8.95 Å². The first-order chi connectivity index (χ1) is 8.58. The highest BCUT2D eigenvalue weighted by Crippen LogP contribution is 2.29.